The molecule has 8 heteroatoms. The lowest BCUT2D eigenvalue weighted by atomic mass is 9.97. The first-order valence-electron chi connectivity index (χ1n) is 14.5. The van der Waals surface area contributed by atoms with E-state index >= 15 is 0 Å². The van der Waals surface area contributed by atoms with Crippen molar-refractivity contribution in [2.24, 2.45) is 0 Å². The van der Waals surface area contributed by atoms with Crippen molar-refractivity contribution in [3.8, 4) is 16.9 Å². The SMILES string of the molecule is Cc1ncn(CCCOc2ccccc2Cl)c1Cn1cc(C(=O)N2CCN(C)CC2)c(-c2cccc3ccccc23)c1. The van der Waals surface area contributed by atoms with Gasteiger partial charge in [-0.1, -0.05) is 66.2 Å². The average molecular weight is 582 g/mol. The topological polar surface area (TPSA) is 55.5 Å². The number of para-hydroxylation sites is 1. The Morgan fingerprint density at radius 2 is 1.69 bits per heavy atom. The maximum absolute atomic E-state index is 14.0. The van der Waals surface area contributed by atoms with Crippen LogP contribution < -0.4 is 4.74 Å². The molecule has 1 fully saturated rings. The molecule has 2 aromatic heterocycles. The molecular formula is C34H36ClN5O2. The van der Waals surface area contributed by atoms with Crippen molar-refractivity contribution < 1.29 is 9.53 Å². The number of ether oxygens (including phenoxy) is 1. The van der Waals surface area contributed by atoms with Crippen LogP contribution in [-0.2, 0) is 13.1 Å². The van der Waals surface area contributed by atoms with E-state index in [-0.39, 0.29) is 5.91 Å². The lowest BCUT2D eigenvalue weighted by Gasteiger charge is -2.32. The summed E-state index contributed by atoms with van der Waals surface area (Å²) in [7, 11) is 2.11. The van der Waals surface area contributed by atoms with Crippen molar-refractivity contribution in [3.63, 3.8) is 0 Å². The molecule has 216 valence electrons. The second kappa shape index (κ2) is 12.4. The molecule has 0 atom stereocenters. The minimum absolute atomic E-state index is 0.0896. The molecule has 0 unspecified atom stereocenters. The van der Waals surface area contributed by atoms with E-state index in [9.17, 15) is 4.79 Å². The number of aryl methyl sites for hydroxylation is 2. The Hall–Kier alpha value is -4.07. The molecule has 1 aliphatic rings. The standard InChI is InChI=1S/C34H36ClN5O2/c1-25-32(40(24-36-25)15-8-20-42-33-14-6-5-13-31(33)35)23-38-21-29(28-12-7-10-26-9-3-4-11-27(26)28)30(22-38)34(41)39-18-16-37(2)17-19-39/h3-7,9-14,21-22,24H,8,15-20,23H2,1-2H3. The smallest absolute Gasteiger partial charge is 0.256 e. The normalized spacial score (nSPS) is 14.0. The molecule has 42 heavy (non-hydrogen) atoms. The van der Waals surface area contributed by atoms with Crippen LogP contribution in [0.5, 0.6) is 5.75 Å². The number of hydrogen-bond acceptors (Lipinski definition) is 4. The molecule has 0 bridgehead atoms. The number of likely N-dealkylation sites (N-methyl/N-ethyl adjacent to an activating group) is 1. The molecule has 0 radical (unpaired) electrons. The number of carbonyl (C=O) groups excluding carboxylic acids is 1. The predicted molar refractivity (Wildman–Crippen MR) is 168 cm³/mol. The van der Waals surface area contributed by atoms with E-state index in [2.05, 4.69) is 74.7 Å². The van der Waals surface area contributed by atoms with Crippen LogP contribution in [-0.4, -0.2) is 69.7 Å². The van der Waals surface area contributed by atoms with Gasteiger partial charge in [0.15, 0.2) is 0 Å². The number of piperazine rings is 1. The third-order valence-electron chi connectivity index (χ3n) is 8.11. The van der Waals surface area contributed by atoms with E-state index in [1.807, 2.05) is 48.6 Å². The van der Waals surface area contributed by atoms with Crippen molar-refractivity contribution in [2.75, 3.05) is 39.8 Å². The Morgan fingerprint density at radius 3 is 2.52 bits per heavy atom. The Bertz CT molecular complexity index is 1690. The highest BCUT2D eigenvalue weighted by molar-refractivity contribution is 6.32. The number of carbonyl (C=O) groups is 1. The van der Waals surface area contributed by atoms with Gasteiger partial charge < -0.3 is 23.7 Å². The summed E-state index contributed by atoms with van der Waals surface area (Å²) >= 11 is 6.24. The number of nitrogens with zero attached hydrogens (tertiary/aromatic N) is 5. The summed E-state index contributed by atoms with van der Waals surface area (Å²) in [6.45, 7) is 7.21. The highest BCUT2D eigenvalue weighted by atomic mass is 35.5. The largest absolute Gasteiger partial charge is 0.492 e. The zero-order valence-electron chi connectivity index (χ0n) is 24.2. The minimum Gasteiger partial charge on any atom is -0.492 e. The number of amides is 1. The number of halogens is 1. The molecule has 3 heterocycles. The Morgan fingerprint density at radius 1 is 0.929 bits per heavy atom. The van der Waals surface area contributed by atoms with Gasteiger partial charge in [-0.2, -0.15) is 0 Å². The second-order valence-electron chi connectivity index (χ2n) is 11.0. The molecule has 7 nitrogen and oxygen atoms in total. The summed E-state index contributed by atoms with van der Waals surface area (Å²) in [5, 5.41) is 2.92. The van der Waals surface area contributed by atoms with Crippen LogP contribution in [0.2, 0.25) is 5.02 Å². The van der Waals surface area contributed by atoms with E-state index < -0.39 is 0 Å². The number of aromatic nitrogens is 3. The van der Waals surface area contributed by atoms with Crippen molar-refractivity contribution in [2.45, 2.75) is 26.4 Å². The number of rotatable bonds is 9. The van der Waals surface area contributed by atoms with E-state index in [1.165, 1.54) is 0 Å². The third-order valence-corrected chi connectivity index (χ3v) is 8.42. The molecule has 0 spiro atoms. The summed E-state index contributed by atoms with van der Waals surface area (Å²) in [5.41, 5.74) is 4.88. The van der Waals surface area contributed by atoms with E-state index in [4.69, 9.17) is 16.3 Å². The molecule has 3 aromatic carbocycles. The summed E-state index contributed by atoms with van der Waals surface area (Å²) < 4.78 is 10.2. The van der Waals surface area contributed by atoms with Gasteiger partial charge in [-0.05, 0) is 48.9 Å². The Balaban J connectivity index is 1.27. The highest BCUT2D eigenvalue weighted by Crippen LogP contribution is 2.33. The van der Waals surface area contributed by atoms with Crippen LogP contribution in [0.25, 0.3) is 21.9 Å². The highest BCUT2D eigenvalue weighted by Gasteiger charge is 2.25. The fourth-order valence-electron chi connectivity index (χ4n) is 5.68. The number of hydrogen-bond donors (Lipinski definition) is 0. The van der Waals surface area contributed by atoms with Crippen LogP contribution >= 0.6 is 11.6 Å². The van der Waals surface area contributed by atoms with Crippen LogP contribution in [0.15, 0.2) is 85.5 Å². The number of fused-ring (bicyclic) bond motifs is 1. The summed E-state index contributed by atoms with van der Waals surface area (Å²) in [4.78, 5) is 22.8. The zero-order chi connectivity index (χ0) is 29.1. The fourth-order valence-corrected chi connectivity index (χ4v) is 5.87. The predicted octanol–water partition coefficient (Wildman–Crippen LogP) is 6.37. The van der Waals surface area contributed by atoms with Gasteiger partial charge in [0.25, 0.3) is 5.91 Å². The lowest BCUT2D eigenvalue weighted by molar-refractivity contribution is 0.0665. The Kier molecular flexibility index (Phi) is 8.31. The number of imidazole rings is 1. The molecule has 5 aromatic rings. The van der Waals surface area contributed by atoms with Gasteiger partial charge in [0.1, 0.15) is 5.75 Å². The van der Waals surface area contributed by atoms with E-state index in [0.717, 1.165) is 78.0 Å². The first-order valence-corrected chi connectivity index (χ1v) is 14.9. The zero-order valence-corrected chi connectivity index (χ0v) is 24.9. The maximum atomic E-state index is 14.0. The van der Waals surface area contributed by atoms with Gasteiger partial charge >= 0.3 is 0 Å². The van der Waals surface area contributed by atoms with Crippen LogP contribution in [0, 0.1) is 6.92 Å². The summed E-state index contributed by atoms with van der Waals surface area (Å²) in [5.74, 6) is 0.791. The van der Waals surface area contributed by atoms with Gasteiger partial charge in [0, 0.05) is 50.7 Å². The molecule has 1 amide bonds. The monoisotopic (exact) mass is 581 g/mol. The maximum Gasteiger partial charge on any atom is 0.256 e. The first kappa shape index (κ1) is 28.1. The first-order chi connectivity index (χ1) is 20.5. The molecule has 0 saturated carbocycles. The molecule has 1 aliphatic heterocycles. The molecule has 6 rings (SSSR count). The molecule has 0 aliphatic carbocycles. The molecular weight excluding hydrogens is 546 g/mol. The summed E-state index contributed by atoms with van der Waals surface area (Å²) in [6.07, 6.45) is 6.86. The van der Waals surface area contributed by atoms with Crippen LogP contribution in [0.3, 0.4) is 0 Å². The van der Waals surface area contributed by atoms with Gasteiger partial charge in [-0.15, -0.1) is 0 Å². The van der Waals surface area contributed by atoms with Crippen molar-refractivity contribution in [1.82, 2.24) is 23.9 Å². The van der Waals surface area contributed by atoms with Gasteiger partial charge in [0.2, 0.25) is 0 Å². The van der Waals surface area contributed by atoms with Gasteiger partial charge in [-0.25, -0.2) is 4.98 Å². The lowest BCUT2D eigenvalue weighted by Crippen LogP contribution is -2.47. The minimum atomic E-state index is 0.0896. The van der Waals surface area contributed by atoms with Crippen molar-refractivity contribution in [3.05, 3.63) is 107 Å². The van der Waals surface area contributed by atoms with Gasteiger partial charge in [0.05, 0.1) is 41.5 Å². The Labute approximate surface area is 251 Å². The van der Waals surface area contributed by atoms with Gasteiger partial charge in [-0.3, -0.25) is 4.79 Å². The molecule has 0 N–H and O–H groups in total. The van der Waals surface area contributed by atoms with Crippen LogP contribution in [0.4, 0.5) is 0 Å². The second-order valence-corrected chi connectivity index (χ2v) is 11.4. The number of benzene rings is 3. The third kappa shape index (κ3) is 5.94. The average Bonchev–Trinajstić information content (AvgIpc) is 3.59. The fraction of sp³-hybridized carbons (Fsp3) is 0.294. The van der Waals surface area contributed by atoms with Crippen molar-refractivity contribution >= 4 is 28.3 Å². The summed E-state index contributed by atoms with van der Waals surface area (Å²) in [6, 6.07) is 22.2. The van der Waals surface area contributed by atoms with Crippen molar-refractivity contribution in [1.29, 1.82) is 0 Å². The van der Waals surface area contributed by atoms with Crippen LogP contribution in [0.1, 0.15) is 28.2 Å². The van der Waals surface area contributed by atoms with E-state index in [1.54, 1.807) is 0 Å². The van der Waals surface area contributed by atoms with E-state index in [0.29, 0.717) is 23.9 Å². The molecule has 1 saturated heterocycles. The quantitative estimate of drug-likeness (QED) is 0.190.